The number of piperidine rings is 1. The zero-order valence-electron chi connectivity index (χ0n) is 11.9. The van der Waals surface area contributed by atoms with Crippen molar-refractivity contribution in [2.45, 2.75) is 26.3 Å². The van der Waals surface area contributed by atoms with E-state index in [-0.39, 0.29) is 5.91 Å². The second kappa shape index (κ2) is 7.09. The highest BCUT2D eigenvalue weighted by Crippen LogP contribution is 2.26. The molecule has 1 fully saturated rings. The molecule has 0 bridgehead atoms. The van der Waals surface area contributed by atoms with Gasteiger partial charge in [-0.25, -0.2) is 0 Å². The summed E-state index contributed by atoms with van der Waals surface area (Å²) in [6.45, 7) is 5.47. The lowest BCUT2D eigenvalue weighted by atomic mass is 9.96. The molecule has 0 spiro atoms. The molecule has 1 aromatic carbocycles. The van der Waals surface area contributed by atoms with Crippen LogP contribution in [0.1, 0.15) is 25.3 Å². The molecule has 1 aliphatic rings. The number of amides is 1. The van der Waals surface area contributed by atoms with Crippen molar-refractivity contribution in [2.24, 2.45) is 5.92 Å². The predicted molar refractivity (Wildman–Crippen MR) is 85.2 cm³/mol. The van der Waals surface area contributed by atoms with Crippen LogP contribution in [0.5, 0.6) is 0 Å². The quantitative estimate of drug-likeness (QED) is 0.828. The van der Waals surface area contributed by atoms with Crippen LogP contribution in [-0.2, 0) is 11.3 Å². The number of benzene rings is 1. The van der Waals surface area contributed by atoms with Crippen LogP contribution in [-0.4, -0.2) is 30.4 Å². The number of nitrogen functional groups attached to an aromatic ring is 1. The fourth-order valence-corrected chi connectivity index (χ4v) is 2.99. The summed E-state index contributed by atoms with van der Waals surface area (Å²) in [6, 6.07) is 6.02. The van der Waals surface area contributed by atoms with Crippen molar-refractivity contribution >= 4 is 27.5 Å². The van der Waals surface area contributed by atoms with E-state index < -0.39 is 0 Å². The van der Waals surface area contributed by atoms with Gasteiger partial charge < -0.3 is 11.1 Å². The number of carbonyl (C=O) groups excluding carboxylic acids is 1. The number of hydrogen-bond acceptors (Lipinski definition) is 3. The van der Waals surface area contributed by atoms with E-state index in [2.05, 4.69) is 32.2 Å². The molecule has 110 valence electrons. The molecule has 1 saturated heterocycles. The average molecular weight is 340 g/mol. The van der Waals surface area contributed by atoms with Crippen LogP contribution in [0, 0.1) is 5.92 Å². The number of carbonyl (C=O) groups is 1. The van der Waals surface area contributed by atoms with Crippen LogP contribution in [0.25, 0.3) is 0 Å². The molecule has 3 N–H and O–H groups in total. The van der Waals surface area contributed by atoms with Gasteiger partial charge in [-0.3, -0.25) is 9.69 Å². The van der Waals surface area contributed by atoms with Crippen molar-refractivity contribution in [2.75, 3.05) is 25.4 Å². The highest BCUT2D eigenvalue weighted by Gasteiger charge is 2.20. The Bertz CT molecular complexity index is 470. The number of likely N-dealkylation sites (tertiary alicyclic amines) is 1. The number of halogens is 1. The summed E-state index contributed by atoms with van der Waals surface area (Å²) in [5, 5.41) is 2.91. The molecule has 0 saturated carbocycles. The second-order valence-corrected chi connectivity index (χ2v) is 6.27. The molecule has 5 heteroatoms. The number of nitrogens with two attached hydrogens (primary N) is 1. The maximum Gasteiger partial charge on any atom is 0.216 e. The molecular weight excluding hydrogens is 318 g/mol. The van der Waals surface area contributed by atoms with Crippen molar-refractivity contribution in [3.63, 3.8) is 0 Å². The zero-order chi connectivity index (χ0) is 14.5. The van der Waals surface area contributed by atoms with Crippen LogP contribution in [0.15, 0.2) is 22.7 Å². The van der Waals surface area contributed by atoms with Gasteiger partial charge in [0.25, 0.3) is 0 Å². The summed E-state index contributed by atoms with van der Waals surface area (Å²) in [4.78, 5) is 13.4. The van der Waals surface area contributed by atoms with Gasteiger partial charge in [-0.1, -0.05) is 12.1 Å². The standard InChI is InChI=1S/C15H22BrN3O/c1-11(20)18-9-12-5-7-19(8-6-12)10-13-3-2-4-14(17)15(13)16/h2-4,12H,5-10,17H2,1H3,(H,18,20). The molecule has 0 unspecified atom stereocenters. The minimum absolute atomic E-state index is 0.0659. The maximum atomic E-state index is 10.9. The van der Waals surface area contributed by atoms with Crippen LogP contribution >= 0.6 is 15.9 Å². The summed E-state index contributed by atoms with van der Waals surface area (Å²) >= 11 is 3.56. The van der Waals surface area contributed by atoms with Gasteiger partial charge in [0.05, 0.1) is 0 Å². The molecule has 1 aliphatic heterocycles. The molecule has 1 amide bonds. The van der Waals surface area contributed by atoms with Gasteiger partial charge >= 0.3 is 0 Å². The Morgan fingerprint density at radius 3 is 2.80 bits per heavy atom. The number of hydrogen-bond donors (Lipinski definition) is 2. The summed E-state index contributed by atoms with van der Waals surface area (Å²) < 4.78 is 1.01. The lowest BCUT2D eigenvalue weighted by molar-refractivity contribution is -0.119. The number of nitrogens with zero attached hydrogens (tertiary/aromatic N) is 1. The van der Waals surface area contributed by atoms with Gasteiger partial charge in [-0.2, -0.15) is 0 Å². The summed E-state index contributed by atoms with van der Waals surface area (Å²) in [5.41, 5.74) is 7.95. The van der Waals surface area contributed by atoms with Gasteiger partial charge in [0.15, 0.2) is 0 Å². The summed E-state index contributed by atoms with van der Waals surface area (Å²) in [6.07, 6.45) is 2.28. The Labute approximate surface area is 128 Å². The topological polar surface area (TPSA) is 58.4 Å². The Hall–Kier alpha value is -1.07. The fraction of sp³-hybridized carbons (Fsp3) is 0.533. The Balaban J connectivity index is 1.82. The molecule has 1 heterocycles. The summed E-state index contributed by atoms with van der Waals surface area (Å²) in [7, 11) is 0. The molecule has 0 aromatic heterocycles. The van der Waals surface area contributed by atoms with E-state index in [9.17, 15) is 4.79 Å². The Morgan fingerprint density at radius 1 is 1.45 bits per heavy atom. The average Bonchev–Trinajstić information content (AvgIpc) is 2.43. The molecule has 2 rings (SSSR count). The smallest absolute Gasteiger partial charge is 0.216 e. The van der Waals surface area contributed by atoms with E-state index in [1.165, 1.54) is 5.56 Å². The van der Waals surface area contributed by atoms with E-state index in [1.54, 1.807) is 6.92 Å². The molecule has 0 radical (unpaired) electrons. The monoisotopic (exact) mass is 339 g/mol. The van der Waals surface area contributed by atoms with E-state index >= 15 is 0 Å². The van der Waals surface area contributed by atoms with E-state index in [4.69, 9.17) is 5.73 Å². The SMILES string of the molecule is CC(=O)NCC1CCN(Cc2cccc(N)c2Br)CC1. The molecule has 0 atom stereocenters. The normalized spacial score (nSPS) is 17.1. The molecule has 0 aliphatic carbocycles. The van der Waals surface area contributed by atoms with Crippen molar-refractivity contribution in [1.82, 2.24) is 10.2 Å². The first kappa shape index (κ1) is 15.3. The van der Waals surface area contributed by atoms with Crippen LogP contribution in [0.3, 0.4) is 0 Å². The van der Waals surface area contributed by atoms with Gasteiger partial charge in [0.1, 0.15) is 0 Å². The Kier molecular flexibility index (Phi) is 5.43. The largest absolute Gasteiger partial charge is 0.398 e. The third-order valence-corrected chi connectivity index (χ3v) is 4.82. The highest BCUT2D eigenvalue weighted by atomic mass is 79.9. The molecule has 20 heavy (non-hydrogen) atoms. The third kappa shape index (κ3) is 4.21. The first-order chi connectivity index (χ1) is 9.56. The molecular formula is C15H22BrN3O. The van der Waals surface area contributed by atoms with E-state index in [1.807, 2.05) is 12.1 Å². The first-order valence-corrected chi connectivity index (χ1v) is 7.85. The van der Waals surface area contributed by atoms with Crippen molar-refractivity contribution < 1.29 is 4.79 Å². The summed E-state index contributed by atoms with van der Waals surface area (Å²) in [5.74, 6) is 0.676. The van der Waals surface area contributed by atoms with Gasteiger partial charge in [0, 0.05) is 30.2 Å². The highest BCUT2D eigenvalue weighted by molar-refractivity contribution is 9.10. The maximum absolute atomic E-state index is 10.9. The number of anilines is 1. The van der Waals surface area contributed by atoms with Gasteiger partial charge in [-0.15, -0.1) is 0 Å². The van der Waals surface area contributed by atoms with E-state index in [0.29, 0.717) is 5.92 Å². The predicted octanol–water partition coefficient (Wildman–Crippen LogP) is 2.38. The number of rotatable bonds is 4. The van der Waals surface area contributed by atoms with Gasteiger partial charge in [-0.05, 0) is 59.4 Å². The first-order valence-electron chi connectivity index (χ1n) is 7.06. The lowest BCUT2D eigenvalue weighted by Crippen LogP contribution is -2.37. The van der Waals surface area contributed by atoms with E-state index in [0.717, 1.165) is 49.2 Å². The Morgan fingerprint density at radius 2 is 2.15 bits per heavy atom. The minimum Gasteiger partial charge on any atom is -0.398 e. The van der Waals surface area contributed by atoms with Gasteiger partial charge in [0.2, 0.25) is 5.91 Å². The van der Waals surface area contributed by atoms with Crippen LogP contribution in [0.2, 0.25) is 0 Å². The molecule has 4 nitrogen and oxygen atoms in total. The minimum atomic E-state index is 0.0659. The van der Waals surface area contributed by atoms with Crippen LogP contribution < -0.4 is 11.1 Å². The number of nitrogens with one attached hydrogen (secondary N) is 1. The molecule has 1 aromatic rings. The fourth-order valence-electron chi connectivity index (χ4n) is 2.60. The van der Waals surface area contributed by atoms with Crippen molar-refractivity contribution in [1.29, 1.82) is 0 Å². The third-order valence-electron chi connectivity index (χ3n) is 3.85. The zero-order valence-corrected chi connectivity index (χ0v) is 13.4. The lowest BCUT2D eigenvalue weighted by Gasteiger charge is -2.32. The van der Waals surface area contributed by atoms with Crippen LogP contribution in [0.4, 0.5) is 5.69 Å². The van der Waals surface area contributed by atoms with Crippen molar-refractivity contribution in [3.8, 4) is 0 Å². The van der Waals surface area contributed by atoms with Crippen molar-refractivity contribution in [3.05, 3.63) is 28.2 Å². The second-order valence-electron chi connectivity index (χ2n) is 5.48.